The largest absolute Gasteiger partial charge is 0.504 e. The number of aromatic hydroxyl groups is 1. The standard InChI is InChI=1S/C20H31NO3/c1-13(2)16-7-5-14(3)11-17(16)20(23)21-10-9-15-6-8-19(24-4)18(22)12-15/h6,8,12-14,16-17,22H,5,7,9-11H2,1-4H3,(H,21,23)/t14-,16+,17-/m1/s1. The molecule has 0 aromatic heterocycles. The lowest BCUT2D eigenvalue weighted by atomic mass is 9.70. The molecule has 0 heterocycles. The summed E-state index contributed by atoms with van der Waals surface area (Å²) < 4.78 is 5.05. The van der Waals surface area contributed by atoms with Gasteiger partial charge >= 0.3 is 0 Å². The highest BCUT2D eigenvalue weighted by Gasteiger charge is 2.35. The highest BCUT2D eigenvalue weighted by Crippen LogP contribution is 2.38. The maximum Gasteiger partial charge on any atom is 0.223 e. The van der Waals surface area contributed by atoms with E-state index in [9.17, 15) is 9.90 Å². The Morgan fingerprint density at radius 2 is 2.12 bits per heavy atom. The Morgan fingerprint density at radius 3 is 2.75 bits per heavy atom. The molecule has 2 rings (SSSR count). The van der Waals surface area contributed by atoms with Gasteiger partial charge in [-0.05, 0) is 54.7 Å². The second kappa shape index (κ2) is 8.41. The summed E-state index contributed by atoms with van der Waals surface area (Å²) in [6.45, 7) is 7.29. The van der Waals surface area contributed by atoms with E-state index in [0.717, 1.165) is 18.4 Å². The molecule has 0 bridgehead atoms. The Hall–Kier alpha value is -1.71. The molecule has 1 amide bonds. The molecular weight excluding hydrogens is 302 g/mol. The van der Waals surface area contributed by atoms with E-state index in [1.165, 1.54) is 13.5 Å². The third-order valence-electron chi connectivity index (χ3n) is 5.32. The van der Waals surface area contributed by atoms with E-state index in [-0.39, 0.29) is 17.6 Å². The molecular formula is C20H31NO3. The van der Waals surface area contributed by atoms with Gasteiger partial charge in [-0.2, -0.15) is 0 Å². The third kappa shape index (κ3) is 4.65. The predicted octanol–water partition coefficient (Wildman–Crippen LogP) is 3.77. The normalized spacial score (nSPS) is 24.0. The van der Waals surface area contributed by atoms with Gasteiger partial charge in [0.1, 0.15) is 0 Å². The van der Waals surface area contributed by atoms with Crippen molar-refractivity contribution in [2.75, 3.05) is 13.7 Å². The SMILES string of the molecule is COc1ccc(CCNC(=O)[C@@H]2C[C@H](C)CC[C@H]2C(C)C)cc1O. The van der Waals surface area contributed by atoms with E-state index in [4.69, 9.17) is 4.74 Å². The summed E-state index contributed by atoms with van der Waals surface area (Å²) in [5, 5.41) is 12.9. The highest BCUT2D eigenvalue weighted by molar-refractivity contribution is 5.79. The number of ether oxygens (including phenoxy) is 1. The number of carbonyl (C=O) groups is 1. The fraction of sp³-hybridized carbons (Fsp3) is 0.650. The van der Waals surface area contributed by atoms with Crippen molar-refractivity contribution in [3.63, 3.8) is 0 Å². The van der Waals surface area contributed by atoms with Gasteiger partial charge < -0.3 is 15.2 Å². The van der Waals surface area contributed by atoms with E-state index in [2.05, 4.69) is 26.1 Å². The Balaban J connectivity index is 1.88. The van der Waals surface area contributed by atoms with Gasteiger partial charge in [0, 0.05) is 12.5 Å². The topological polar surface area (TPSA) is 58.6 Å². The first-order chi connectivity index (χ1) is 11.4. The van der Waals surface area contributed by atoms with Gasteiger partial charge in [-0.1, -0.05) is 33.3 Å². The Labute approximate surface area is 145 Å². The fourth-order valence-corrected chi connectivity index (χ4v) is 3.86. The first kappa shape index (κ1) is 18.6. The average Bonchev–Trinajstić information content (AvgIpc) is 2.54. The van der Waals surface area contributed by atoms with Crippen molar-refractivity contribution >= 4 is 5.91 Å². The van der Waals surface area contributed by atoms with Gasteiger partial charge in [0.25, 0.3) is 0 Å². The van der Waals surface area contributed by atoms with Crippen LogP contribution >= 0.6 is 0 Å². The molecule has 24 heavy (non-hydrogen) atoms. The van der Waals surface area contributed by atoms with Crippen molar-refractivity contribution in [2.24, 2.45) is 23.7 Å². The zero-order valence-corrected chi connectivity index (χ0v) is 15.3. The molecule has 4 heteroatoms. The van der Waals surface area contributed by atoms with Crippen LogP contribution in [0.4, 0.5) is 0 Å². The van der Waals surface area contributed by atoms with Crippen LogP contribution in [0.5, 0.6) is 11.5 Å². The Kier molecular flexibility index (Phi) is 6.52. The van der Waals surface area contributed by atoms with Gasteiger partial charge in [-0.15, -0.1) is 0 Å². The van der Waals surface area contributed by atoms with E-state index in [0.29, 0.717) is 36.5 Å². The van der Waals surface area contributed by atoms with Crippen molar-refractivity contribution in [1.82, 2.24) is 5.32 Å². The lowest BCUT2D eigenvalue weighted by Gasteiger charge is -2.36. The molecule has 4 nitrogen and oxygen atoms in total. The van der Waals surface area contributed by atoms with Crippen LogP contribution in [0.3, 0.4) is 0 Å². The van der Waals surface area contributed by atoms with Gasteiger partial charge in [-0.3, -0.25) is 4.79 Å². The molecule has 0 spiro atoms. The molecule has 2 N–H and O–H groups in total. The molecule has 1 fully saturated rings. The first-order valence-corrected chi connectivity index (χ1v) is 9.06. The molecule has 1 aliphatic carbocycles. The van der Waals surface area contributed by atoms with Gasteiger partial charge in [0.15, 0.2) is 11.5 Å². The number of carbonyl (C=O) groups excluding carboxylic acids is 1. The summed E-state index contributed by atoms with van der Waals surface area (Å²) in [6.07, 6.45) is 4.09. The zero-order valence-electron chi connectivity index (χ0n) is 15.3. The number of methoxy groups -OCH3 is 1. The lowest BCUT2D eigenvalue weighted by molar-refractivity contribution is -0.129. The number of phenolic OH excluding ortho intramolecular Hbond substituents is 1. The van der Waals surface area contributed by atoms with Crippen molar-refractivity contribution < 1.29 is 14.6 Å². The van der Waals surface area contributed by atoms with Crippen molar-refractivity contribution in [1.29, 1.82) is 0 Å². The lowest BCUT2D eigenvalue weighted by Crippen LogP contribution is -2.40. The van der Waals surface area contributed by atoms with Crippen LogP contribution in [0.15, 0.2) is 18.2 Å². The van der Waals surface area contributed by atoms with E-state index in [1.807, 2.05) is 6.07 Å². The van der Waals surface area contributed by atoms with E-state index in [1.54, 1.807) is 12.1 Å². The third-order valence-corrected chi connectivity index (χ3v) is 5.32. The van der Waals surface area contributed by atoms with Gasteiger partial charge in [0.05, 0.1) is 7.11 Å². The molecule has 0 radical (unpaired) electrons. The second-order valence-electron chi connectivity index (χ2n) is 7.48. The number of rotatable bonds is 6. The number of hydrogen-bond donors (Lipinski definition) is 2. The van der Waals surface area contributed by atoms with Gasteiger partial charge in [-0.25, -0.2) is 0 Å². The summed E-state index contributed by atoms with van der Waals surface area (Å²) in [4.78, 5) is 12.6. The monoisotopic (exact) mass is 333 g/mol. The van der Waals surface area contributed by atoms with Crippen LogP contribution in [-0.2, 0) is 11.2 Å². The molecule has 3 atom stereocenters. The van der Waals surface area contributed by atoms with E-state index >= 15 is 0 Å². The average molecular weight is 333 g/mol. The van der Waals surface area contributed by atoms with Crippen molar-refractivity contribution in [3.8, 4) is 11.5 Å². The minimum absolute atomic E-state index is 0.137. The van der Waals surface area contributed by atoms with Crippen molar-refractivity contribution in [3.05, 3.63) is 23.8 Å². The first-order valence-electron chi connectivity index (χ1n) is 9.06. The minimum atomic E-state index is 0.137. The number of amides is 1. The van der Waals surface area contributed by atoms with Crippen LogP contribution < -0.4 is 10.1 Å². The van der Waals surface area contributed by atoms with Crippen LogP contribution in [0.1, 0.15) is 45.6 Å². The quantitative estimate of drug-likeness (QED) is 0.833. The number of hydrogen-bond acceptors (Lipinski definition) is 3. The minimum Gasteiger partial charge on any atom is -0.504 e. The fourth-order valence-electron chi connectivity index (χ4n) is 3.86. The summed E-state index contributed by atoms with van der Waals surface area (Å²) in [7, 11) is 1.53. The van der Waals surface area contributed by atoms with Crippen LogP contribution in [0, 0.1) is 23.7 Å². The highest BCUT2D eigenvalue weighted by atomic mass is 16.5. The van der Waals surface area contributed by atoms with E-state index < -0.39 is 0 Å². The van der Waals surface area contributed by atoms with Crippen molar-refractivity contribution in [2.45, 2.75) is 46.5 Å². The molecule has 1 aromatic carbocycles. The summed E-state index contributed by atoms with van der Waals surface area (Å²) >= 11 is 0. The predicted molar refractivity (Wildman–Crippen MR) is 96.2 cm³/mol. The van der Waals surface area contributed by atoms with Crippen LogP contribution in [-0.4, -0.2) is 24.7 Å². The molecule has 0 unspecified atom stereocenters. The molecule has 0 aliphatic heterocycles. The Bertz CT molecular complexity index is 556. The summed E-state index contributed by atoms with van der Waals surface area (Å²) in [6, 6.07) is 5.37. The zero-order chi connectivity index (χ0) is 17.7. The number of benzene rings is 1. The van der Waals surface area contributed by atoms with Gasteiger partial charge in [0.2, 0.25) is 5.91 Å². The molecule has 0 saturated heterocycles. The maximum atomic E-state index is 12.6. The summed E-state index contributed by atoms with van der Waals surface area (Å²) in [5.74, 6) is 2.62. The number of nitrogens with one attached hydrogen (secondary N) is 1. The molecule has 1 saturated carbocycles. The second-order valence-corrected chi connectivity index (χ2v) is 7.48. The maximum absolute atomic E-state index is 12.6. The smallest absolute Gasteiger partial charge is 0.223 e. The number of phenols is 1. The van der Waals surface area contributed by atoms with Crippen LogP contribution in [0.2, 0.25) is 0 Å². The van der Waals surface area contributed by atoms with Crippen LogP contribution in [0.25, 0.3) is 0 Å². The molecule has 1 aliphatic rings. The Morgan fingerprint density at radius 1 is 1.38 bits per heavy atom. The molecule has 1 aromatic rings. The summed E-state index contributed by atoms with van der Waals surface area (Å²) in [5.41, 5.74) is 0.992. The molecule has 134 valence electrons.